The SMILES string of the molecule is CCOC(=O)C(N)(C=O)C1(N=O)CC[N+](S)(Cc2ccccc2)CC1. The Morgan fingerprint density at radius 2 is 2.00 bits per heavy atom. The highest BCUT2D eigenvalue weighted by molar-refractivity contribution is 7.74. The average molecular weight is 366 g/mol. The lowest BCUT2D eigenvalue weighted by Crippen LogP contribution is -2.70. The highest BCUT2D eigenvalue weighted by atomic mass is 32.1. The molecule has 136 valence electrons. The van der Waals surface area contributed by atoms with Crippen LogP contribution >= 0.6 is 12.8 Å². The van der Waals surface area contributed by atoms with E-state index in [4.69, 9.17) is 23.3 Å². The number of nitrogens with two attached hydrogens (primary N) is 1. The first-order chi connectivity index (χ1) is 11.8. The molecule has 0 saturated carbocycles. The molecule has 0 spiro atoms. The lowest BCUT2D eigenvalue weighted by molar-refractivity contribution is -0.813. The maximum Gasteiger partial charge on any atom is 0.336 e. The van der Waals surface area contributed by atoms with E-state index < -0.39 is 17.0 Å². The monoisotopic (exact) mass is 366 g/mol. The van der Waals surface area contributed by atoms with E-state index in [1.54, 1.807) is 6.92 Å². The van der Waals surface area contributed by atoms with E-state index in [9.17, 15) is 14.5 Å². The molecule has 1 unspecified atom stereocenters. The molecule has 7 nitrogen and oxygen atoms in total. The first-order valence-electron chi connectivity index (χ1n) is 8.24. The van der Waals surface area contributed by atoms with Crippen molar-refractivity contribution >= 4 is 25.1 Å². The number of thiol groups is 1. The number of quaternary nitrogens is 1. The molecule has 25 heavy (non-hydrogen) atoms. The molecular weight excluding hydrogens is 342 g/mol. The maximum absolute atomic E-state index is 12.2. The summed E-state index contributed by atoms with van der Waals surface area (Å²) in [5.41, 5.74) is 3.55. The number of rotatable bonds is 7. The average Bonchev–Trinajstić information content (AvgIpc) is 2.63. The number of piperidine rings is 1. The lowest BCUT2D eigenvalue weighted by atomic mass is 9.72. The van der Waals surface area contributed by atoms with Crippen molar-refractivity contribution in [1.29, 1.82) is 0 Å². The fraction of sp³-hybridized carbons (Fsp3) is 0.529. The van der Waals surface area contributed by atoms with E-state index in [0.717, 1.165) is 5.56 Å². The summed E-state index contributed by atoms with van der Waals surface area (Å²) in [5.74, 6) is -0.910. The lowest BCUT2D eigenvalue weighted by Gasteiger charge is -2.45. The van der Waals surface area contributed by atoms with E-state index in [1.165, 1.54) is 0 Å². The highest BCUT2D eigenvalue weighted by Crippen LogP contribution is 2.39. The van der Waals surface area contributed by atoms with Crippen LogP contribution in [0, 0.1) is 4.91 Å². The van der Waals surface area contributed by atoms with Crippen molar-refractivity contribution in [3.05, 3.63) is 40.8 Å². The molecule has 0 bridgehead atoms. The number of likely N-dealkylation sites (tertiary alicyclic amines) is 1. The molecule has 0 amide bonds. The molecule has 0 aliphatic carbocycles. The van der Waals surface area contributed by atoms with Gasteiger partial charge in [0.1, 0.15) is 12.1 Å². The minimum absolute atomic E-state index is 0.0706. The normalized spacial score (nSPS) is 28.6. The zero-order valence-electron chi connectivity index (χ0n) is 14.3. The predicted molar refractivity (Wildman–Crippen MR) is 96.5 cm³/mol. The molecule has 1 aromatic carbocycles. The van der Waals surface area contributed by atoms with E-state index in [0.29, 0.717) is 29.8 Å². The standard InChI is InChI=1S/C17H24N3O4S/c1-2-24-15(22)17(18,13-21)16(19-23)8-10-20(25,11-9-16)12-14-6-4-3-5-7-14/h3-7,13,25H,2,8-12,18H2,1H3/q+1. The van der Waals surface area contributed by atoms with Gasteiger partial charge in [0.2, 0.25) is 0 Å². The van der Waals surface area contributed by atoms with Gasteiger partial charge < -0.3 is 15.3 Å². The summed E-state index contributed by atoms with van der Waals surface area (Å²) in [6.45, 7) is 3.25. The maximum atomic E-state index is 12.2. The van der Waals surface area contributed by atoms with Gasteiger partial charge in [-0.15, -0.1) is 0 Å². The number of carbonyl (C=O) groups is 2. The molecule has 1 atom stereocenters. The molecule has 0 radical (unpaired) electrons. The van der Waals surface area contributed by atoms with Crippen LogP contribution in [-0.2, 0) is 20.9 Å². The Kier molecular flexibility index (Phi) is 5.97. The minimum atomic E-state index is -2.07. The van der Waals surface area contributed by atoms with Crippen molar-refractivity contribution in [1.82, 2.24) is 0 Å². The van der Waals surface area contributed by atoms with Crippen LogP contribution in [0.4, 0.5) is 0 Å². The van der Waals surface area contributed by atoms with Crippen LogP contribution in [0.1, 0.15) is 25.3 Å². The summed E-state index contributed by atoms with van der Waals surface area (Å²) in [5, 5.41) is 3.15. The van der Waals surface area contributed by atoms with Gasteiger partial charge >= 0.3 is 5.97 Å². The van der Waals surface area contributed by atoms with Crippen molar-refractivity contribution in [2.24, 2.45) is 10.9 Å². The number of ether oxygens (including phenoxy) is 1. The van der Waals surface area contributed by atoms with Gasteiger partial charge in [-0.25, -0.2) is 4.79 Å². The first-order valence-corrected chi connectivity index (χ1v) is 8.64. The third-order valence-corrected chi connectivity index (χ3v) is 5.49. The van der Waals surface area contributed by atoms with Gasteiger partial charge in [0.15, 0.2) is 11.8 Å². The van der Waals surface area contributed by atoms with Gasteiger partial charge in [0.05, 0.1) is 32.5 Å². The summed E-state index contributed by atoms with van der Waals surface area (Å²) < 4.78 is 5.30. The number of esters is 1. The molecule has 1 heterocycles. The van der Waals surface area contributed by atoms with E-state index >= 15 is 0 Å². The topological polar surface area (TPSA) is 98.8 Å². The van der Waals surface area contributed by atoms with E-state index in [1.807, 2.05) is 30.3 Å². The number of hydrogen-bond acceptors (Lipinski definition) is 7. The smallest absolute Gasteiger partial charge is 0.336 e. The molecule has 1 aromatic rings. The van der Waals surface area contributed by atoms with Crippen molar-refractivity contribution in [2.45, 2.75) is 37.4 Å². The van der Waals surface area contributed by atoms with Crippen LogP contribution in [0.2, 0.25) is 0 Å². The third-order valence-electron chi connectivity index (χ3n) is 4.95. The fourth-order valence-corrected chi connectivity index (χ4v) is 3.65. The first kappa shape index (κ1) is 19.6. The number of nitroso groups, excluding NO2 is 1. The van der Waals surface area contributed by atoms with Crippen molar-refractivity contribution in [3.63, 3.8) is 0 Å². The van der Waals surface area contributed by atoms with Gasteiger partial charge in [-0.05, 0) is 6.92 Å². The van der Waals surface area contributed by atoms with Gasteiger partial charge in [-0.2, -0.15) is 4.91 Å². The zero-order chi connectivity index (χ0) is 18.6. The third kappa shape index (κ3) is 3.75. The summed E-state index contributed by atoms with van der Waals surface area (Å²) in [7, 11) is 0. The second-order valence-electron chi connectivity index (χ2n) is 6.52. The number of carbonyl (C=O) groups excluding carboxylic acids is 2. The van der Waals surface area contributed by atoms with Gasteiger partial charge in [0, 0.05) is 18.4 Å². The largest absolute Gasteiger partial charge is 0.464 e. The van der Waals surface area contributed by atoms with E-state index in [-0.39, 0.29) is 19.4 Å². The molecule has 1 fully saturated rings. The predicted octanol–water partition coefficient (Wildman–Crippen LogP) is 1.61. The highest BCUT2D eigenvalue weighted by Gasteiger charge is 2.60. The Bertz CT molecular complexity index is 632. The van der Waals surface area contributed by atoms with Crippen LogP contribution in [0.5, 0.6) is 0 Å². The number of hydrogen-bond donors (Lipinski definition) is 2. The molecule has 1 aliphatic heterocycles. The molecule has 0 aromatic heterocycles. The Labute approximate surface area is 152 Å². The van der Waals surface area contributed by atoms with Gasteiger partial charge in [-0.1, -0.05) is 35.5 Å². The molecule has 2 N–H and O–H groups in total. The fourth-order valence-electron chi connectivity index (χ4n) is 3.28. The summed E-state index contributed by atoms with van der Waals surface area (Å²) in [6.07, 6.45) is 0.657. The summed E-state index contributed by atoms with van der Waals surface area (Å²) in [6, 6.07) is 9.86. The minimum Gasteiger partial charge on any atom is -0.464 e. The molecule has 1 saturated heterocycles. The Morgan fingerprint density at radius 3 is 2.48 bits per heavy atom. The molecule has 1 aliphatic rings. The number of benzene rings is 1. The molecular formula is C17H24N3O4S+. The second kappa shape index (κ2) is 7.63. The van der Waals surface area contributed by atoms with Gasteiger partial charge in [0.25, 0.3) is 0 Å². The Balaban J connectivity index is 2.19. The van der Waals surface area contributed by atoms with Crippen LogP contribution in [-0.4, -0.2) is 46.9 Å². The van der Waals surface area contributed by atoms with Crippen molar-refractivity contribution in [2.75, 3.05) is 19.7 Å². The van der Waals surface area contributed by atoms with Crippen LogP contribution in [0.3, 0.4) is 0 Å². The molecule has 2 rings (SSSR count). The second-order valence-corrected chi connectivity index (χ2v) is 7.36. The number of aldehydes is 1. The van der Waals surface area contributed by atoms with Crippen LogP contribution < -0.4 is 5.73 Å². The number of nitrogens with zero attached hydrogens (tertiary/aromatic N) is 2. The Hall–Kier alpha value is -1.77. The summed E-state index contributed by atoms with van der Waals surface area (Å²) in [4.78, 5) is 35.5. The van der Waals surface area contributed by atoms with Crippen molar-refractivity contribution < 1.29 is 18.2 Å². The van der Waals surface area contributed by atoms with Crippen LogP contribution in [0.15, 0.2) is 35.5 Å². The zero-order valence-corrected chi connectivity index (χ0v) is 15.2. The van der Waals surface area contributed by atoms with Gasteiger partial charge in [-0.3, -0.25) is 3.89 Å². The van der Waals surface area contributed by atoms with Crippen molar-refractivity contribution in [3.8, 4) is 0 Å². The van der Waals surface area contributed by atoms with E-state index in [2.05, 4.69) is 5.18 Å². The molecule has 8 heteroatoms. The Morgan fingerprint density at radius 1 is 1.40 bits per heavy atom. The van der Waals surface area contributed by atoms with Crippen LogP contribution in [0.25, 0.3) is 0 Å². The summed E-state index contributed by atoms with van der Waals surface area (Å²) >= 11 is 4.74. The quantitative estimate of drug-likeness (QED) is 0.191.